The van der Waals surface area contributed by atoms with Crippen molar-refractivity contribution in [2.45, 2.75) is 39.5 Å². The van der Waals surface area contributed by atoms with Gasteiger partial charge in [0.1, 0.15) is 5.75 Å². The molecule has 0 saturated carbocycles. The number of carbonyl (C=O) groups is 1. The first-order chi connectivity index (χ1) is 8.71. The van der Waals surface area contributed by atoms with E-state index in [0.717, 1.165) is 25.7 Å². The van der Waals surface area contributed by atoms with Crippen molar-refractivity contribution in [2.24, 2.45) is 5.92 Å². The van der Waals surface area contributed by atoms with Crippen molar-refractivity contribution in [3.63, 3.8) is 0 Å². The summed E-state index contributed by atoms with van der Waals surface area (Å²) in [6, 6.07) is 8.65. The highest BCUT2D eigenvalue weighted by Gasteiger charge is 2.18. The largest absolute Gasteiger partial charge is 0.426 e. The fourth-order valence-corrected chi connectivity index (χ4v) is 1.87. The molecule has 0 saturated heterocycles. The maximum atomic E-state index is 12.0. The van der Waals surface area contributed by atoms with Gasteiger partial charge in [-0.05, 0) is 37.1 Å². The topological polar surface area (TPSA) is 50.1 Å². The molecule has 0 aromatic heterocycles. The second kappa shape index (κ2) is 7.50. The molecule has 0 aliphatic rings. The number of nitrogens with zero attached hydrogens (tertiary/aromatic N) is 1. The van der Waals surface area contributed by atoms with E-state index in [1.165, 1.54) is 0 Å². The quantitative estimate of drug-likeness (QED) is 0.567. The van der Waals surface area contributed by atoms with Gasteiger partial charge in [-0.3, -0.25) is 4.79 Å². The third kappa shape index (κ3) is 4.21. The Kier molecular flexibility index (Phi) is 5.93. The van der Waals surface area contributed by atoms with E-state index in [1.807, 2.05) is 6.07 Å². The van der Waals surface area contributed by atoms with Crippen LogP contribution in [0.5, 0.6) is 5.75 Å². The summed E-state index contributed by atoms with van der Waals surface area (Å²) in [6.07, 6.45) is 3.69. The molecular formula is C15H19NO2. The van der Waals surface area contributed by atoms with E-state index in [2.05, 4.69) is 13.8 Å². The van der Waals surface area contributed by atoms with E-state index in [0.29, 0.717) is 11.3 Å². The Morgan fingerprint density at radius 1 is 1.22 bits per heavy atom. The molecule has 18 heavy (non-hydrogen) atoms. The lowest BCUT2D eigenvalue weighted by atomic mass is 9.99. The van der Waals surface area contributed by atoms with Crippen molar-refractivity contribution in [3.8, 4) is 11.8 Å². The molecule has 3 heteroatoms. The van der Waals surface area contributed by atoms with Crippen LogP contribution in [0.25, 0.3) is 0 Å². The molecule has 0 unspecified atom stereocenters. The second-order valence-corrected chi connectivity index (χ2v) is 4.33. The average Bonchev–Trinajstić information content (AvgIpc) is 2.39. The molecule has 0 N–H and O–H groups in total. The molecular weight excluding hydrogens is 226 g/mol. The van der Waals surface area contributed by atoms with Gasteiger partial charge in [-0.2, -0.15) is 5.26 Å². The number of esters is 1. The van der Waals surface area contributed by atoms with Crippen LogP contribution in [0.3, 0.4) is 0 Å². The fourth-order valence-electron chi connectivity index (χ4n) is 1.87. The van der Waals surface area contributed by atoms with Crippen LogP contribution in [-0.4, -0.2) is 5.97 Å². The Labute approximate surface area is 108 Å². The van der Waals surface area contributed by atoms with Crippen LogP contribution in [0.15, 0.2) is 24.3 Å². The summed E-state index contributed by atoms with van der Waals surface area (Å²) in [4.78, 5) is 12.0. The molecule has 0 atom stereocenters. The summed E-state index contributed by atoms with van der Waals surface area (Å²) in [5.74, 6) is 0.329. The predicted molar refractivity (Wildman–Crippen MR) is 70.1 cm³/mol. The number of carbonyl (C=O) groups excluding carboxylic acids is 1. The maximum absolute atomic E-state index is 12.0. The van der Waals surface area contributed by atoms with Crippen LogP contribution >= 0.6 is 0 Å². The molecule has 1 rings (SSSR count). The van der Waals surface area contributed by atoms with E-state index in [9.17, 15) is 4.79 Å². The molecule has 0 amide bonds. The Hall–Kier alpha value is -1.82. The zero-order chi connectivity index (χ0) is 13.4. The summed E-state index contributed by atoms with van der Waals surface area (Å²) in [6.45, 7) is 4.13. The van der Waals surface area contributed by atoms with E-state index >= 15 is 0 Å². The molecule has 3 nitrogen and oxygen atoms in total. The third-order valence-corrected chi connectivity index (χ3v) is 2.81. The highest BCUT2D eigenvalue weighted by Crippen LogP contribution is 2.18. The van der Waals surface area contributed by atoms with E-state index in [-0.39, 0.29) is 11.9 Å². The standard InChI is InChI=1S/C15H19NO2/c1-3-5-13(6-4-2)15(17)18-14-9-7-12(11-16)8-10-14/h7-10,13H,3-6H2,1-2H3. The molecule has 0 spiro atoms. The Morgan fingerprint density at radius 2 is 1.78 bits per heavy atom. The van der Waals surface area contributed by atoms with Gasteiger partial charge in [0.15, 0.2) is 0 Å². The van der Waals surface area contributed by atoms with Crippen LogP contribution < -0.4 is 4.74 Å². The summed E-state index contributed by atoms with van der Waals surface area (Å²) in [5, 5.41) is 8.68. The number of hydrogen-bond donors (Lipinski definition) is 0. The maximum Gasteiger partial charge on any atom is 0.314 e. The first kappa shape index (κ1) is 14.2. The molecule has 0 aliphatic carbocycles. The number of ether oxygens (including phenoxy) is 1. The van der Waals surface area contributed by atoms with Crippen molar-refractivity contribution < 1.29 is 9.53 Å². The monoisotopic (exact) mass is 245 g/mol. The smallest absolute Gasteiger partial charge is 0.314 e. The Morgan fingerprint density at radius 3 is 2.22 bits per heavy atom. The number of rotatable bonds is 6. The summed E-state index contributed by atoms with van der Waals surface area (Å²) in [7, 11) is 0. The van der Waals surface area contributed by atoms with Crippen molar-refractivity contribution in [2.75, 3.05) is 0 Å². The highest BCUT2D eigenvalue weighted by molar-refractivity contribution is 5.75. The van der Waals surface area contributed by atoms with Crippen molar-refractivity contribution in [1.29, 1.82) is 5.26 Å². The van der Waals surface area contributed by atoms with Gasteiger partial charge in [0, 0.05) is 0 Å². The van der Waals surface area contributed by atoms with E-state index in [4.69, 9.17) is 10.00 Å². The zero-order valence-corrected chi connectivity index (χ0v) is 11.0. The first-order valence-electron chi connectivity index (χ1n) is 6.43. The summed E-state index contributed by atoms with van der Waals surface area (Å²) >= 11 is 0. The lowest BCUT2D eigenvalue weighted by Gasteiger charge is -2.14. The summed E-state index contributed by atoms with van der Waals surface area (Å²) in [5.41, 5.74) is 0.563. The van der Waals surface area contributed by atoms with Gasteiger partial charge in [0.05, 0.1) is 17.6 Å². The third-order valence-electron chi connectivity index (χ3n) is 2.81. The van der Waals surface area contributed by atoms with Gasteiger partial charge >= 0.3 is 5.97 Å². The Bertz CT molecular complexity index is 411. The van der Waals surface area contributed by atoms with Gasteiger partial charge in [0.25, 0.3) is 0 Å². The van der Waals surface area contributed by atoms with Crippen molar-refractivity contribution >= 4 is 5.97 Å². The lowest BCUT2D eigenvalue weighted by molar-refractivity contribution is -0.139. The minimum atomic E-state index is -0.164. The average molecular weight is 245 g/mol. The van der Waals surface area contributed by atoms with Gasteiger partial charge in [0.2, 0.25) is 0 Å². The fraction of sp³-hybridized carbons (Fsp3) is 0.467. The van der Waals surface area contributed by atoms with Gasteiger partial charge in [-0.1, -0.05) is 26.7 Å². The minimum absolute atomic E-state index is 0.0179. The zero-order valence-electron chi connectivity index (χ0n) is 11.0. The van der Waals surface area contributed by atoms with E-state index < -0.39 is 0 Å². The number of benzene rings is 1. The minimum Gasteiger partial charge on any atom is -0.426 e. The van der Waals surface area contributed by atoms with Crippen LogP contribution in [0.2, 0.25) is 0 Å². The van der Waals surface area contributed by atoms with E-state index in [1.54, 1.807) is 24.3 Å². The number of nitriles is 1. The van der Waals surface area contributed by atoms with Crippen LogP contribution in [0.4, 0.5) is 0 Å². The normalized spacial score (nSPS) is 10.1. The van der Waals surface area contributed by atoms with Crippen molar-refractivity contribution in [1.82, 2.24) is 0 Å². The molecule has 0 bridgehead atoms. The highest BCUT2D eigenvalue weighted by atomic mass is 16.5. The van der Waals surface area contributed by atoms with Crippen LogP contribution in [-0.2, 0) is 4.79 Å². The van der Waals surface area contributed by atoms with Crippen molar-refractivity contribution in [3.05, 3.63) is 29.8 Å². The molecule has 0 radical (unpaired) electrons. The Balaban J connectivity index is 2.63. The molecule has 0 aliphatic heterocycles. The number of hydrogen-bond acceptors (Lipinski definition) is 3. The molecule has 0 fully saturated rings. The summed E-state index contributed by atoms with van der Waals surface area (Å²) < 4.78 is 5.33. The molecule has 1 aromatic rings. The molecule has 96 valence electrons. The van der Waals surface area contributed by atoms with Crippen LogP contribution in [0.1, 0.15) is 45.1 Å². The van der Waals surface area contributed by atoms with Gasteiger partial charge < -0.3 is 4.74 Å². The lowest BCUT2D eigenvalue weighted by Crippen LogP contribution is -2.20. The SMILES string of the molecule is CCCC(CCC)C(=O)Oc1ccc(C#N)cc1. The second-order valence-electron chi connectivity index (χ2n) is 4.33. The van der Waals surface area contributed by atoms with Gasteiger partial charge in [-0.15, -0.1) is 0 Å². The van der Waals surface area contributed by atoms with Gasteiger partial charge in [-0.25, -0.2) is 0 Å². The first-order valence-corrected chi connectivity index (χ1v) is 6.43. The predicted octanol–water partition coefficient (Wildman–Crippen LogP) is 3.68. The molecule has 0 heterocycles. The molecule has 1 aromatic carbocycles. The van der Waals surface area contributed by atoms with Crippen LogP contribution in [0, 0.1) is 17.2 Å².